The van der Waals surface area contributed by atoms with Gasteiger partial charge in [-0.3, -0.25) is 0 Å². The Morgan fingerprint density at radius 2 is 2.00 bits per heavy atom. The molecule has 1 N–H and O–H groups in total. The lowest BCUT2D eigenvalue weighted by molar-refractivity contribution is 0.0321. The lowest BCUT2D eigenvalue weighted by Crippen LogP contribution is -2.34. The van der Waals surface area contributed by atoms with Gasteiger partial charge in [0.1, 0.15) is 30.1 Å². The summed E-state index contributed by atoms with van der Waals surface area (Å²) in [7, 11) is 1.64. The number of ether oxygens (including phenoxy) is 2. The summed E-state index contributed by atoms with van der Waals surface area (Å²) in [5, 5.41) is 3.68. The monoisotopic (exact) mass is 552 g/mol. The van der Waals surface area contributed by atoms with Gasteiger partial charge >= 0.3 is 6.09 Å². The molecule has 0 saturated heterocycles. The number of amides is 1. The maximum absolute atomic E-state index is 13.4. The highest BCUT2D eigenvalue weighted by atomic mass is 35.5. The maximum atomic E-state index is 13.4. The molecule has 0 radical (unpaired) electrons. The third kappa shape index (κ3) is 7.34. The van der Waals surface area contributed by atoms with Gasteiger partial charge < -0.3 is 19.7 Å². The van der Waals surface area contributed by atoms with Crippen LogP contribution >= 0.6 is 22.9 Å². The van der Waals surface area contributed by atoms with E-state index in [4.69, 9.17) is 21.1 Å². The molecule has 4 rings (SSSR count). The highest BCUT2D eigenvalue weighted by Crippen LogP contribution is 2.33. The Balaban J connectivity index is 1.43. The van der Waals surface area contributed by atoms with Crippen LogP contribution in [0.4, 0.5) is 20.7 Å². The van der Waals surface area contributed by atoms with Crippen molar-refractivity contribution in [3.8, 4) is 17.6 Å². The first-order valence-electron chi connectivity index (χ1n) is 11.7. The molecule has 0 unspecified atom stereocenters. The molecule has 0 saturated carbocycles. The second-order valence-corrected chi connectivity index (χ2v) is 10.8. The van der Waals surface area contributed by atoms with Crippen molar-refractivity contribution in [3.63, 3.8) is 0 Å². The second-order valence-electron chi connectivity index (χ2n) is 9.37. The number of fused-ring (bicyclic) bond motifs is 1. The topological polar surface area (TPSA) is 76.6 Å². The summed E-state index contributed by atoms with van der Waals surface area (Å²) >= 11 is 7.87. The van der Waals surface area contributed by atoms with E-state index in [1.54, 1.807) is 31.3 Å². The molecule has 0 bridgehead atoms. The maximum Gasteiger partial charge on any atom is 0.410 e. The summed E-state index contributed by atoms with van der Waals surface area (Å²) in [6.07, 6.45) is 1.05. The van der Waals surface area contributed by atoms with Crippen molar-refractivity contribution in [2.45, 2.75) is 33.0 Å². The number of hydrogen-bond donors (Lipinski definition) is 1. The quantitative estimate of drug-likeness (QED) is 0.259. The van der Waals surface area contributed by atoms with E-state index in [0.29, 0.717) is 27.8 Å². The summed E-state index contributed by atoms with van der Waals surface area (Å²) in [6.45, 7) is 5.88. The number of nitrogens with zero attached hydrogens (tertiary/aromatic N) is 3. The minimum Gasteiger partial charge on any atom is -0.487 e. The van der Waals surface area contributed by atoms with Crippen molar-refractivity contribution in [2.75, 3.05) is 18.9 Å². The van der Waals surface area contributed by atoms with E-state index in [0.717, 1.165) is 15.1 Å². The molecule has 0 spiro atoms. The molecule has 1 amide bonds. The predicted octanol–water partition coefficient (Wildman–Crippen LogP) is 7.02. The van der Waals surface area contributed by atoms with Gasteiger partial charge in [-0.2, -0.15) is 0 Å². The van der Waals surface area contributed by atoms with Crippen LogP contribution in [0.3, 0.4) is 0 Å². The van der Waals surface area contributed by atoms with Crippen molar-refractivity contribution in [3.05, 3.63) is 76.1 Å². The summed E-state index contributed by atoms with van der Waals surface area (Å²) in [5.74, 6) is 6.87. The van der Waals surface area contributed by atoms with E-state index in [1.807, 2.05) is 32.9 Å². The second kappa shape index (κ2) is 11.7. The Morgan fingerprint density at radius 1 is 1.18 bits per heavy atom. The lowest BCUT2D eigenvalue weighted by atomic mass is 10.2. The molecule has 0 atom stereocenters. The number of anilines is 2. The third-order valence-electron chi connectivity index (χ3n) is 5.02. The molecule has 0 aliphatic rings. The molecule has 4 aromatic rings. The Hall–Kier alpha value is -3.87. The number of benzene rings is 2. The fourth-order valence-corrected chi connectivity index (χ4v) is 4.44. The van der Waals surface area contributed by atoms with Crippen molar-refractivity contribution >= 4 is 50.8 Å². The highest BCUT2D eigenvalue weighted by Gasteiger charge is 2.18. The van der Waals surface area contributed by atoms with Crippen LogP contribution in [-0.2, 0) is 11.3 Å². The van der Waals surface area contributed by atoms with Crippen LogP contribution in [0.2, 0.25) is 5.02 Å². The molecule has 38 heavy (non-hydrogen) atoms. The van der Waals surface area contributed by atoms with E-state index >= 15 is 0 Å². The number of hydrogen-bond acceptors (Lipinski definition) is 7. The van der Waals surface area contributed by atoms with Gasteiger partial charge in [0.2, 0.25) is 0 Å². The van der Waals surface area contributed by atoms with Crippen LogP contribution in [0, 0.1) is 17.7 Å². The van der Waals surface area contributed by atoms with Gasteiger partial charge in [0.05, 0.1) is 26.7 Å². The zero-order valence-corrected chi connectivity index (χ0v) is 22.9. The van der Waals surface area contributed by atoms with Crippen LogP contribution < -0.4 is 10.1 Å². The van der Waals surface area contributed by atoms with E-state index in [-0.39, 0.29) is 19.0 Å². The number of rotatable bonds is 6. The van der Waals surface area contributed by atoms with Gasteiger partial charge in [0.25, 0.3) is 0 Å². The Kier molecular flexibility index (Phi) is 8.35. The molecule has 0 fully saturated rings. The molecule has 0 aliphatic carbocycles. The van der Waals surface area contributed by atoms with Crippen LogP contribution in [0.25, 0.3) is 10.2 Å². The van der Waals surface area contributed by atoms with Gasteiger partial charge in [0.15, 0.2) is 5.82 Å². The van der Waals surface area contributed by atoms with Crippen molar-refractivity contribution in [2.24, 2.45) is 0 Å². The first kappa shape index (κ1) is 27.2. The molecule has 2 aromatic carbocycles. The summed E-state index contributed by atoms with van der Waals surface area (Å²) in [6, 6.07) is 13.4. The van der Waals surface area contributed by atoms with E-state index < -0.39 is 11.7 Å². The van der Waals surface area contributed by atoms with Crippen LogP contribution in [-0.4, -0.2) is 40.2 Å². The number of aromatic nitrogens is 2. The van der Waals surface area contributed by atoms with Gasteiger partial charge in [-0.05, 0) is 62.7 Å². The molecule has 2 heterocycles. The van der Waals surface area contributed by atoms with E-state index in [9.17, 15) is 9.18 Å². The van der Waals surface area contributed by atoms with E-state index in [1.165, 1.54) is 34.7 Å². The molecule has 196 valence electrons. The molecule has 0 aliphatic heterocycles. The number of nitrogens with one attached hydrogen (secondary N) is 1. The largest absolute Gasteiger partial charge is 0.487 e. The number of carbonyl (C=O) groups is 1. The zero-order valence-electron chi connectivity index (χ0n) is 21.3. The van der Waals surface area contributed by atoms with Gasteiger partial charge in [-0.1, -0.05) is 35.6 Å². The average molecular weight is 553 g/mol. The Bertz CT molecular complexity index is 1520. The number of halogens is 2. The van der Waals surface area contributed by atoms with Crippen molar-refractivity contribution in [1.29, 1.82) is 0 Å². The highest BCUT2D eigenvalue weighted by molar-refractivity contribution is 7.20. The van der Waals surface area contributed by atoms with Crippen LogP contribution in [0.15, 0.2) is 54.9 Å². The number of thiophene rings is 1. The average Bonchev–Trinajstić information content (AvgIpc) is 3.26. The standard InChI is InChI=1S/C28H26ClFN4O3S/c1-28(2,3)37-27(35)34(4)12-6-9-21-15-23-25(38-21)26(32-17-31-23)33-20-10-11-24(22(29)14-20)36-16-18-7-5-8-19(30)13-18/h5,7-8,10-11,13-15,17H,12,16H2,1-4H3,(H,31,32,33). The van der Waals surface area contributed by atoms with Gasteiger partial charge in [-0.15, -0.1) is 11.3 Å². The van der Waals surface area contributed by atoms with E-state index in [2.05, 4.69) is 27.1 Å². The van der Waals surface area contributed by atoms with Crippen LogP contribution in [0.1, 0.15) is 31.2 Å². The molecular formula is C28H26ClFN4O3S. The first-order chi connectivity index (χ1) is 18.1. The summed E-state index contributed by atoms with van der Waals surface area (Å²) in [5.41, 5.74) is 1.61. The normalized spacial score (nSPS) is 11.0. The fraction of sp³-hybridized carbons (Fsp3) is 0.250. The van der Waals surface area contributed by atoms with Crippen molar-refractivity contribution in [1.82, 2.24) is 14.9 Å². The summed E-state index contributed by atoms with van der Waals surface area (Å²) < 4.78 is 25.3. The molecule has 10 heteroatoms. The van der Waals surface area contributed by atoms with Crippen LogP contribution in [0.5, 0.6) is 5.75 Å². The fourth-order valence-electron chi connectivity index (χ4n) is 3.27. The molecule has 2 aromatic heterocycles. The third-order valence-corrected chi connectivity index (χ3v) is 6.36. The SMILES string of the molecule is CN(CC#Cc1cc2ncnc(Nc3ccc(OCc4cccc(F)c4)c(Cl)c3)c2s1)C(=O)OC(C)(C)C. The summed E-state index contributed by atoms with van der Waals surface area (Å²) in [4.78, 5) is 23.0. The van der Waals surface area contributed by atoms with Crippen molar-refractivity contribution < 1.29 is 18.7 Å². The minimum atomic E-state index is -0.563. The molecule has 7 nitrogen and oxygen atoms in total. The predicted molar refractivity (Wildman–Crippen MR) is 149 cm³/mol. The molecular weight excluding hydrogens is 527 g/mol. The smallest absolute Gasteiger partial charge is 0.410 e. The Morgan fingerprint density at radius 3 is 2.74 bits per heavy atom. The van der Waals surface area contributed by atoms with Gasteiger partial charge in [-0.25, -0.2) is 19.2 Å². The lowest BCUT2D eigenvalue weighted by Gasteiger charge is -2.23. The zero-order chi connectivity index (χ0) is 27.3. The first-order valence-corrected chi connectivity index (χ1v) is 12.9. The Labute approximate surface area is 229 Å². The van der Waals surface area contributed by atoms with Gasteiger partial charge in [0, 0.05) is 12.7 Å². The minimum absolute atomic E-state index is 0.198. The number of carbonyl (C=O) groups excluding carboxylic acids is 1.